The fourth-order valence-corrected chi connectivity index (χ4v) is 6.91. The molecule has 2 aromatic rings. The van der Waals surface area contributed by atoms with E-state index in [1.807, 2.05) is 28.0 Å². The van der Waals surface area contributed by atoms with Crippen molar-refractivity contribution in [1.29, 1.82) is 0 Å². The first-order valence-electron chi connectivity index (χ1n) is 13.8. The number of nitrogens with one attached hydrogen (secondary N) is 2. The molecule has 0 bridgehead atoms. The Bertz CT molecular complexity index is 1160. The first-order valence-corrected chi connectivity index (χ1v) is 13.8. The Kier molecular flexibility index (Phi) is 5.69. The maximum Gasteiger partial charge on any atom is 0.250 e. The summed E-state index contributed by atoms with van der Waals surface area (Å²) in [6.07, 6.45) is 6.39. The molecule has 1 aromatic carbocycles. The molecular weight excluding hydrogens is 470 g/mol. The van der Waals surface area contributed by atoms with Crippen molar-refractivity contribution in [3.63, 3.8) is 0 Å². The van der Waals surface area contributed by atoms with Crippen LogP contribution in [0.4, 0.5) is 5.69 Å². The van der Waals surface area contributed by atoms with Crippen molar-refractivity contribution in [2.75, 3.05) is 31.2 Å². The highest BCUT2D eigenvalue weighted by Crippen LogP contribution is 2.42. The molecule has 3 atom stereocenters. The van der Waals surface area contributed by atoms with E-state index in [1.165, 1.54) is 0 Å². The summed E-state index contributed by atoms with van der Waals surface area (Å²) in [7, 11) is 0. The quantitative estimate of drug-likeness (QED) is 0.636. The molecule has 1 aromatic heterocycles. The second-order valence-electron chi connectivity index (χ2n) is 11.5. The van der Waals surface area contributed by atoms with Crippen molar-refractivity contribution in [2.24, 2.45) is 11.8 Å². The van der Waals surface area contributed by atoms with Gasteiger partial charge in [0.2, 0.25) is 11.8 Å². The molecule has 0 radical (unpaired) electrons. The predicted octanol–water partition coefficient (Wildman–Crippen LogP) is 2.01. The van der Waals surface area contributed by atoms with Gasteiger partial charge in [-0.1, -0.05) is 23.4 Å². The Balaban J connectivity index is 1.07. The number of carbonyl (C=O) groups excluding carboxylic acids is 2. The smallest absolute Gasteiger partial charge is 0.250 e. The zero-order valence-corrected chi connectivity index (χ0v) is 21.1. The van der Waals surface area contributed by atoms with Crippen molar-refractivity contribution < 1.29 is 14.1 Å². The second-order valence-corrected chi connectivity index (χ2v) is 11.5. The molecule has 3 aliphatic heterocycles. The van der Waals surface area contributed by atoms with Gasteiger partial charge in [-0.25, -0.2) is 0 Å². The molecule has 7 rings (SSSR count). The van der Waals surface area contributed by atoms with Crippen LogP contribution in [0.3, 0.4) is 0 Å². The first-order chi connectivity index (χ1) is 18.1. The Morgan fingerprint density at radius 1 is 1.11 bits per heavy atom. The minimum Gasteiger partial charge on any atom is -0.342 e. The van der Waals surface area contributed by atoms with Crippen LogP contribution in [-0.4, -0.2) is 69.6 Å². The summed E-state index contributed by atoms with van der Waals surface area (Å²) in [6, 6.07) is 10.6. The SMILES string of the molecule is O=C(C1CCC2NNCC2C1)N1CCC2(CC1)C(=O)N(Cc1nc(C3CC3)no1)CN2c1ccccc1. The number of piperidine rings is 1. The number of para-hydroxylation sites is 1. The van der Waals surface area contributed by atoms with E-state index in [0.717, 1.165) is 50.2 Å². The lowest BCUT2D eigenvalue weighted by atomic mass is 9.77. The summed E-state index contributed by atoms with van der Waals surface area (Å²) < 4.78 is 5.50. The van der Waals surface area contributed by atoms with Crippen LogP contribution in [0.5, 0.6) is 0 Å². The van der Waals surface area contributed by atoms with Crippen LogP contribution in [0, 0.1) is 11.8 Å². The van der Waals surface area contributed by atoms with Gasteiger partial charge in [0.1, 0.15) is 12.1 Å². The van der Waals surface area contributed by atoms with Gasteiger partial charge in [0.25, 0.3) is 5.91 Å². The number of hydrazine groups is 1. The molecule has 10 nitrogen and oxygen atoms in total. The van der Waals surface area contributed by atoms with Crippen molar-refractivity contribution in [2.45, 2.75) is 69.0 Å². The molecule has 37 heavy (non-hydrogen) atoms. The highest BCUT2D eigenvalue weighted by atomic mass is 16.5. The molecule has 2 N–H and O–H groups in total. The van der Waals surface area contributed by atoms with Crippen LogP contribution >= 0.6 is 0 Å². The number of anilines is 1. The first kappa shape index (κ1) is 23.2. The van der Waals surface area contributed by atoms with Gasteiger partial charge in [-0.2, -0.15) is 4.98 Å². The normalized spacial score (nSPS) is 29.2. The molecule has 2 saturated carbocycles. The molecule has 1 spiro atoms. The summed E-state index contributed by atoms with van der Waals surface area (Å²) >= 11 is 0. The number of hydrogen-bond acceptors (Lipinski definition) is 8. The summed E-state index contributed by atoms with van der Waals surface area (Å²) in [6.45, 7) is 2.95. The van der Waals surface area contributed by atoms with Gasteiger partial charge >= 0.3 is 0 Å². The van der Waals surface area contributed by atoms with E-state index in [2.05, 4.69) is 38.0 Å². The lowest BCUT2D eigenvalue weighted by Crippen LogP contribution is -2.58. The Morgan fingerprint density at radius 3 is 2.70 bits per heavy atom. The zero-order valence-electron chi connectivity index (χ0n) is 21.1. The number of likely N-dealkylation sites (tertiary alicyclic amines) is 1. The van der Waals surface area contributed by atoms with Crippen molar-refractivity contribution in [3.8, 4) is 0 Å². The van der Waals surface area contributed by atoms with Gasteiger partial charge in [-0.05, 0) is 63.0 Å². The molecule has 3 unspecified atom stereocenters. The Labute approximate surface area is 216 Å². The molecule has 4 heterocycles. The summed E-state index contributed by atoms with van der Waals surface area (Å²) in [4.78, 5) is 38.2. The Hall–Kier alpha value is -2.98. The number of hydrogen-bond donors (Lipinski definition) is 2. The molecule has 5 fully saturated rings. The third kappa shape index (κ3) is 4.10. The third-order valence-corrected chi connectivity index (χ3v) is 9.22. The molecule has 2 amide bonds. The van der Waals surface area contributed by atoms with E-state index in [9.17, 15) is 9.59 Å². The number of benzene rings is 1. The molecule has 3 saturated heterocycles. The summed E-state index contributed by atoms with van der Waals surface area (Å²) in [5, 5.41) is 4.13. The van der Waals surface area contributed by atoms with Crippen molar-refractivity contribution in [1.82, 2.24) is 30.8 Å². The van der Waals surface area contributed by atoms with Crippen molar-refractivity contribution >= 4 is 17.5 Å². The maximum absolute atomic E-state index is 14.0. The maximum atomic E-state index is 14.0. The van der Waals surface area contributed by atoms with Crippen LogP contribution in [0.2, 0.25) is 0 Å². The average molecular weight is 506 g/mol. The van der Waals surface area contributed by atoms with E-state index in [1.54, 1.807) is 0 Å². The van der Waals surface area contributed by atoms with Gasteiger partial charge in [0.15, 0.2) is 5.82 Å². The van der Waals surface area contributed by atoms with Gasteiger partial charge in [-0.3, -0.25) is 20.4 Å². The standard InChI is InChI=1S/C27H35N7O3/c35-25(19-8-9-22-20(14-19)15-28-30-22)32-12-10-27(11-13-32)26(36)33(17-34(27)21-4-2-1-3-5-21)16-23-29-24(31-37-23)18-6-7-18/h1-5,18-20,22,28,30H,6-17H2. The highest BCUT2D eigenvalue weighted by Gasteiger charge is 2.54. The topological polar surface area (TPSA) is 107 Å². The van der Waals surface area contributed by atoms with E-state index >= 15 is 0 Å². The van der Waals surface area contributed by atoms with Crippen LogP contribution in [0.25, 0.3) is 0 Å². The van der Waals surface area contributed by atoms with Crippen LogP contribution in [-0.2, 0) is 16.1 Å². The lowest BCUT2D eigenvalue weighted by molar-refractivity contribution is -0.142. The lowest BCUT2D eigenvalue weighted by Gasteiger charge is -2.44. The Morgan fingerprint density at radius 2 is 1.92 bits per heavy atom. The second kappa shape index (κ2) is 9.09. The van der Waals surface area contributed by atoms with Crippen LogP contribution < -0.4 is 15.8 Å². The summed E-state index contributed by atoms with van der Waals surface area (Å²) in [5.74, 6) is 2.67. The van der Waals surface area contributed by atoms with Gasteiger partial charge in [-0.15, -0.1) is 0 Å². The largest absolute Gasteiger partial charge is 0.342 e. The molecule has 5 aliphatic rings. The number of carbonyl (C=O) groups is 2. The van der Waals surface area contributed by atoms with Gasteiger partial charge in [0, 0.05) is 43.2 Å². The number of aromatic nitrogens is 2. The predicted molar refractivity (Wildman–Crippen MR) is 135 cm³/mol. The molecule has 10 heteroatoms. The number of rotatable bonds is 5. The fraction of sp³-hybridized carbons (Fsp3) is 0.630. The monoisotopic (exact) mass is 505 g/mol. The van der Waals surface area contributed by atoms with E-state index in [4.69, 9.17) is 4.52 Å². The van der Waals surface area contributed by atoms with Gasteiger partial charge < -0.3 is 19.2 Å². The fourth-order valence-electron chi connectivity index (χ4n) is 6.91. The van der Waals surface area contributed by atoms with E-state index in [-0.39, 0.29) is 17.7 Å². The third-order valence-electron chi connectivity index (χ3n) is 9.22. The summed E-state index contributed by atoms with van der Waals surface area (Å²) in [5.41, 5.74) is 6.98. The van der Waals surface area contributed by atoms with Crippen molar-refractivity contribution in [3.05, 3.63) is 42.0 Å². The molecule has 196 valence electrons. The zero-order chi connectivity index (χ0) is 25.0. The van der Waals surface area contributed by atoms with Gasteiger partial charge in [0.05, 0.1) is 6.67 Å². The van der Waals surface area contributed by atoms with E-state index in [0.29, 0.717) is 62.9 Å². The average Bonchev–Trinajstić information content (AvgIpc) is 3.39. The number of amides is 2. The number of fused-ring (bicyclic) bond motifs is 1. The minimum atomic E-state index is -0.658. The van der Waals surface area contributed by atoms with Crippen LogP contribution in [0.1, 0.15) is 62.6 Å². The molecule has 2 aliphatic carbocycles. The van der Waals surface area contributed by atoms with E-state index < -0.39 is 5.54 Å². The van der Waals surface area contributed by atoms with Crippen LogP contribution in [0.15, 0.2) is 34.9 Å². The minimum absolute atomic E-state index is 0.0937. The molecular formula is C27H35N7O3. The number of nitrogens with zero attached hydrogens (tertiary/aromatic N) is 5. The highest BCUT2D eigenvalue weighted by molar-refractivity contribution is 5.94.